The molecule has 0 heterocycles. The molecule has 120 valence electrons. The first-order valence-electron chi connectivity index (χ1n) is 7.12. The van der Waals surface area contributed by atoms with Gasteiger partial charge in [-0.05, 0) is 44.3 Å². The molecule has 1 N–H and O–H groups in total. The minimum absolute atomic E-state index is 0.0278. The maximum absolute atomic E-state index is 12.7. The summed E-state index contributed by atoms with van der Waals surface area (Å²) in [6, 6.07) is 7.38. The van der Waals surface area contributed by atoms with E-state index in [1.54, 1.807) is 30.9 Å². The molecule has 1 aromatic carbocycles. The highest BCUT2D eigenvalue weighted by atomic mass is 32.2. The largest absolute Gasteiger partial charge is 0.313 e. The zero-order valence-electron chi connectivity index (χ0n) is 13.5. The van der Waals surface area contributed by atoms with Crippen LogP contribution in [0.15, 0.2) is 29.2 Å². The SMILES string of the molecule is CCC(NC)c1cccc(S(=O)(=O)N(C)C(C)CSC)c1. The summed E-state index contributed by atoms with van der Waals surface area (Å²) in [6.45, 7) is 4.01. The Morgan fingerprint density at radius 2 is 2.05 bits per heavy atom. The maximum atomic E-state index is 12.7. The second-order valence-corrected chi connectivity index (χ2v) is 8.06. The van der Waals surface area contributed by atoms with Gasteiger partial charge in [0, 0.05) is 24.9 Å². The molecule has 0 aliphatic carbocycles. The molecule has 4 nitrogen and oxygen atoms in total. The Bertz CT molecular complexity index is 542. The summed E-state index contributed by atoms with van der Waals surface area (Å²) >= 11 is 1.65. The fourth-order valence-electron chi connectivity index (χ4n) is 2.25. The summed E-state index contributed by atoms with van der Waals surface area (Å²) in [7, 11) is 0.101. The first-order chi connectivity index (χ1) is 9.88. The Morgan fingerprint density at radius 1 is 1.38 bits per heavy atom. The van der Waals surface area contributed by atoms with E-state index in [1.807, 2.05) is 32.4 Å². The smallest absolute Gasteiger partial charge is 0.243 e. The van der Waals surface area contributed by atoms with Gasteiger partial charge in [0.1, 0.15) is 0 Å². The molecule has 0 fully saturated rings. The lowest BCUT2D eigenvalue weighted by Gasteiger charge is -2.24. The van der Waals surface area contributed by atoms with Crippen LogP contribution >= 0.6 is 11.8 Å². The van der Waals surface area contributed by atoms with E-state index >= 15 is 0 Å². The number of nitrogens with one attached hydrogen (secondary N) is 1. The fourth-order valence-corrected chi connectivity index (χ4v) is 4.46. The molecule has 0 bridgehead atoms. The van der Waals surface area contributed by atoms with Crippen LogP contribution < -0.4 is 5.32 Å². The van der Waals surface area contributed by atoms with Crippen LogP contribution in [0.4, 0.5) is 0 Å². The minimum Gasteiger partial charge on any atom is -0.313 e. The lowest BCUT2D eigenvalue weighted by atomic mass is 10.1. The molecule has 0 saturated heterocycles. The average Bonchev–Trinajstić information content (AvgIpc) is 2.48. The first kappa shape index (κ1) is 18.5. The van der Waals surface area contributed by atoms with Crippen molar-refractivity contribution in [3.63, 3.8) is 0 Å². The number of hydrogen-bond acceptors (Lipinski definition) is 4. The predicted octanol–water partition coefficient (Wildman–Crippen LogP) is 2.73. The molecule has 0 saturated carbocycles. The molecule has 0 spiro atoms. The van der Waals surface area contributed by atoms with Crippen LogP contribution in [0.2, 0.25) is 0 Å². The van der Waals surface area contributed by atoms with Gasteiger partial charge in [0.05, 0.1) is 4.90 Å². The fraction of sp³-hybridized carbons (Fsp3) is 0.600. The summed E-state index contributed by atoms with van der Waals surface area (Å²) in [5.74, 6) is 0.781. The predicted molar refractivity (Wildman–Crippen MR) is 91.3 cm³/mol. The van der Waals surface area contributed by atoms with Crippen LogP contribution in [-0.4, -0.2) is 44.9 Å². The van der Waals surface area contributed by atoms with E-state index in [4.69, 9.17) is 0 Å². The quantitative estimate of drug-likeness (QED) is 0.796. The van der Waals surface area contributed by atoms with Gasteiger partial charge in [-0.2, -0.15) is 16.1 Å². The van der Waals surface area contributed by atoms with Gasteiger partial charge in [-0.3, -0.25) is 0 Å². The molecule has 0 aliphatic heterocycles. The van der Waals surface area contributed by atoms with Gasteiger partial charge in [0.25, 0.3) is 0 Å². The summed E-state index contributed by atoms with van der Waals surface area (Å²) < 4.78 is 26.9. The average molecular weight is 331 g/mol. The number of thioether (sulfide) groups is 1. The van der Waals surface area contributed by atoms with Crippen LogP contribution in [0.5, 0.6) is 0 Å². The van der Waals surface area contributed by atoms with E-state index in [2.05, 4.69) is 12.2 Å². The third-order valence-electron chi connectivity index (χ3n) is 3.72. The summed E-state index contributed by atoms with van der Waals surface area (Å²) in [4.78, 5) is 0.365. The number of hydrogen-bond donors (Lipinski definition) is 1. The molecule has 0 amide bonds. The number of nitrogens with zero attached hydrogens (tertiary/aromatic N) is 1. The van der Waals surface area contributed by atoms with Crippen molar-refractivity contribution in [2.45, 2.75) is 37.2 Å². The monoisotopic (exact) mass is 330 g/mol. The Balaban J connectivity index is 3.11. The van der Waals surface area contributed by atoms with Gasteiger partial charge in [0.2, 0.25) is 10.0 Å². The van der Waals surface area contributed by atoms with E-state index in [9.17, 15) is 8.42 Å². The van der Waals surface area contributed by atoms with Gasteiger partial charge >= 0.3 is 0 Å². The van der Waals surface area contributed by atoms with Crippen molar-refractivity contribution in [1.29, 1.82) is 0 Å². The van der Waals surface area contributed by atoms with Crippen molar-refractivity contribution < 1.29 is 8.42 Å². The summed E-state index contributed by atoms with van der Waals surface area (Å²) in [6.07, 6.45) is 2.90. The highest BCUT2D eigenvalue weighted by Crippen LogP contribution is 2.23. The topological polar surface area (TPSA) is 49.4 Å². The van der Waals surface area contributed by atoms with Gasteiger partial charge in [-0.15, -0.1) is 0 Å². The molecule has 2 atom stereocenters. The van der Waals surface area contributed by atoms with Gasteiger partial charge in [-0.25, -0.2) is 8.42 Å². The Hall–Kier alpha value is -0.560. The highest BCUT2D eigenvalue weighted by molar-refractivity contribution is 7.98. The molecule has 1 aromatic rings. The zero-order valence-corrected chi connectivity index (χ0v) is 15.1. The number of sulfonamides is 1. The zero-order chi connectivity index (χ0) is 16.0. The molecule has 21 heavy (non-hydrogen) atoms. The van der Waals surface area contributed by atoms with Crippen molar-refractivity contribution in [2.75, 3.05) is 26.1 Å². The molecular weight excluding hydrogens is 304 g/mol. The molecule has 2 unspecified atom stereocenters. The van der Waals surface area contributed by atoms with Crippen molar-refractivity contribution in [2.24, 2.45) is 0 Å². The molecule has 0 radical (unpaired) electrons. The van der Waals surface area contributed by atoms with E-state index in [-0.39, 0.29) is 12.1 Å². The van der Waals surface area contributed by atoms with Crippen LogP contribution in [-0.2, 0) is 10.0 Å². The van der Waals surface area contributed by atoms with Crippen molar-refractivity contribution >= 4 is 21.8 Å². The van der Waals surface area contributed by atoms with Gasteiger partial charge in [-0.1, -0.05) is 19.1 Å². The number of benzene rings is 1. The normalized spacial score (nSPS) is 15.1. The van der Waals surface area contributed by atoms with E-state index in [1.165, 1.54) is 4.31 Å². The maximum Gasteiger partial charge on any atom is 0.243 e. The summed E-state index contributed by atoms with van der Waals surface area (Å²) in [5.41, 5.74) is 1.01. The second kappa shape index (κ2) is 8.17. The van der Waals surface area contributed by atoms with Crippen LogP contribution in [0.3, 0.4) is 0 Å². The number of rotatable bonds is 8. The highest BCUT2D eigenvalue weighted by Gasteiger charge is 2.25. The molecule has 1 rings (SSSR count). The van der Waals surface area contributed by atoms with Crippen LogP contribution in [0, 0.1) is 0 Å². The van der Waals surface area contributed by atoms with Gasteiger partial charge < -0.3 is 5.32 Å². The molecule has 6 heteroatoms. The molecular formula is C15H26N2O2S2. The van der Waals surface area contributed by atoms with Crippen molar-refractivity contribution in [1.82, 2.24) is 9.62 Å². The van der Waals surface area contributed by atoms with Crippen molar-refractivity contribution in [3.05, 3.63) is 29.8 Å². The minimum atomic E-state index is -3.44. The molecule has 0 aromatic heterocycles. The third kappa shape index (κ3) is 4.45. The second-order valence-electron chi connectivity index (χ2n) is 5.15. The lowest BCUT2D eigenvalue weighted by Crippen LogP contribution is -2.36. The van der Waals surface area contributed by atoms with E-state index in [0.29, 0.717) is 4.90 Å². The Kier molecular flexibility index (Phi) is 7.20. The van der Waals surface area contributed by atoms with Crippen LogP contribution in [0.1, 0.15) is 31.9 Å². The van der Waals surface area contributed by atoms with Crippen molar-refractivity contribution in [3.8, 4) is 0 Å². The summed E-state index contributed by atoms with van der Waals surface area (Å²) in [5, 5.41) is 3.21. The standard InChI is InChI=1S/C15H26N2O2S2/c1-6-15(16-3)13-8-7-9-14(10-13)21(18,19)17(4)12(2)11-20-5/h7-10,12,15-16H,6,11H2,1-5H3. The van der Waals surface area contributed by atoms with E-state index in [0.717, 1.165) is 17.7 Å². The Morgan fingerprint density at radius 3 is 2.57 bits per heavy atom. The lowest BCUT2D eigenvalue weighted by molar-refractivity contribution is 0.415. The first-order valence-corrected chi connectivity index (χ1v) is 9.96. The van der Waals surface area contributed by atoms with E-state index < -0.39 is 10.0 Å². The Labute approximate surface area is 133 Å². The molecule has 0 aliphatic rings. The van der Waals surface area contributed by atoms with Crippen LogP contribution in [0.25, 0.3) is 0 Å². The third-order valence-corrected chi connectivity index (χ3v) is 6.51. The van der Waals surface area contributed by atoms with Gasteiger partial charge in [0.15, 0.2) is 0 Å².